The highest BCUT2D eigenvalue weighted by Crippen LogP contribution is 2.24. The lowest BCUT2D eigenvalue weighted by molar-refractivity contribution is 0.0246. The minimum Gasteiger partial charge on any atom is -0.494 e. The first kappa shape index (κ1) is 15.6. The van der Waals surface area contributed by atoms with Crippen LogP contribution in [0.5, 0.6) is 5.75 Å². The van der Waals surface area contributed by atoms with Gasteiger partial charge >= 0.3 is 0 Å². The van der Waals surface area contributed by atoms with E-state index in [1.165, 1.54) is 25.8 Å². The van der Waals surface area contributed by atoms with Crippen LogP contribution in [0.15, 0.2) is 24.4 Å². The topological polar surface area (TPSA) is 69.2 Å². The molecule has 0 unspecified atom stereocenters. The molecular weight excluding hydrogens is 299 g/mol. The van der Waals surface area contributed by atoms with Crippen molar-refractivity contribution in [3.8, 4) is 17.0 Å². The van der Waals surface area contributed by atoms with E-state index in [1.807, 2.05) is 0 Å². The summed E-state index contributed by atoms with van der Waals surface area (Å²) in [5.41, 5.74) is 1.17. The van der Waals surface area contributed by atoms with Crippen LogP contribution < -0.4 is 10.1 Å². The standard InChI is InChI=1S/C16H19FN4O2/c1-22-15-6-5-11(8-13(15)17)14-10-19-21-16(20-14)18-9-12-4-2-3-7-23-12/h5-6,8,10,12H,2-4,7,9H2,1H3,(H,18,20,21)/t12-/m0/s1. The predicted molar refractivity (Wildman–Crippen MR) is 83.9 cm³/mol. The number of benzene rings is 1. The average molecular weight is 318 g/mol. The second-order valence-electron chi connectivity index (χ2n) is 5.38. The summed E-state index contributed by atoms with van der Waals surface area (Å²) in [6.07, 6.45) is 5.01. The number of hydrogen-bond donors (Lipinski definition) is 1. The van der Waals surface area contributed by atoms with E-state index in [2.05, 4.69) is 20.5 Å². The van der Waals surface area contributed by atoms with Crippen LogP contribution in [0.25, 0.3) is 11.3 Å². The van der Waals surface area contributed by atoms with Crippen LogP contribution in [-0.2, 0) is 4.74 Å². The highest BCUT2D eigenvalue weighted by atomic mass is 19.1. The van der Waals surface area contributed by atoms with Crippen molar-refractivity contribution in [3.05, 3.63) is 30.2 Å². The SMILES string of the molecule is COc1ccc(-c2cnnc(NC[C@@H]3CCCCO3)n2)cc1F. The molecule has 2 heterocycles. The molecule has 1 fully saturated rings. The van der Waals surface area contributed by atoms with E-state index in [1.54, 1.807) is 12.1 Å². The lowest BCUT2D eigenvalue weighted by Gasteiger charge is -2.22. The number of anilines is 1. The minimum absolute atomic E-state index is 0.175. The summed E-state index contributed by atoms with van der Waals surface area (Å²) >= 11 is 0. The second-order valence-corrected chi connectivity index (χ2v) is 5.38. The zero-order valence-corrected chi connectivity index (χ0v) is 13.0. The number of ether oxygens (including phenoxy) is 2. The Labute approximate surface area is 134 Å². The quantitative estimate of drug-likeness (QED) is 0.914. The van der Waals surface area contributed by atoms with Gasteiger partial charge in [-0.25, -0.2) is 9.37 Å². The maximum absolute atomic E-state index is 13.8. The number of methoxy groups -OCH3 is 1. The van der Waals surface area contributed by atoms with Gasteiger partial charge in [-0.05, 0) is 37.5 Å². The van der Waals surface area contributed by atoms with Gasteiger partial charge in [-0.1, -0.05) is 0 Å². The second kappa shape index (κ2) is 7.32. The molecule has 23 heavy (non-hydrogen) atoms. The summed E-state index contributed by atoms with van der Waals surface area (Å²) in [5.74, 6) is 0.171. The van der Waals surface area contributed by atoms with Crippen molar-refractivity contribution in [2.75, 3.05) is 25.6 Å². The van der Waals surface area contributed by atoms with Crippen molar-refractivity contribution in [1.29, 1.82) is 0 Å². The van der Waals surface area contributed by atoms with Crippen LogP contribution in [0.4, 0.5) is 10.3 Å². The molecule has 1 N–H and O–H groups in total. The molecule has 1 saturated heterocycles. The maximum atomic E-state index is 13.8. The molecule has 0 aliphatic carbocycles. The van der Waals surface area contributed by atoms with E-state index in [9.17, 15) is 4.39 Å². The highest BCUT2D eigenvalue weighted by molar-refractivity contribution is 5.60. The van der Waals surface area contributed by atoms with E-state index in [0.29, 0.717) is 23.8 Å². The molecule has 1 aliphatic rings. The van der Waals surface area contributed by atoms with Crippen LogP contribution in [-0.4, -0.2) is 41.5 Å². The molecule has 1 aromatic heterocycles. The molecule has 1 atom stereocenters. The first-order chi connectivity index (χ1) is 11.3. The third kappa shape index (κ3) is 3.92. The van der Waals surface area contributed by atoms with Gasteiger partial charge in [0.15, 0.2) is 11.6 Å². The average Bonchev–Trinajstić information content (AvgIpc) is 2.61. The van der Waals surface area contributed by atoms with E-state index in [4.69, 9.17) is 9.47 Å². The third-order valence-electron chi connectivity index (χ3n) is 3.77. The van der Waals surface area contributed by atoms with Crippen molar-refractivity contribution in [2.45, 2.75) is 25.4 Å². The maximum Gasteiger partial charge on any atom is 0.243 e. The van der Waals surface area contributed by atoms with Gasteiger partial charge in [-0.2, -0.15) is 5.10 Å². The Hall–Kier alpha value is -2.28. The highest BCUT2D eigenvalue weighted by Gasteiger charge is 2.14. The molecule has 0 spiro atoms. The van der Waals surface area contributed by atoms with Gasteiger partial charge in [-0.3, -0.25) is 0 Å². The number of hydrogen-bond acceptors (Lipinski definition) is 6. The fourth-order valence-corrected chi connectivity index (χ4v) is 2.52. The van der Waals surface area contributed by atoms with E-state index in [0.717, 1.165) is 19.4 Å². The van der Waals surface area contributed by atoms with E-state index >= 15 is 0 Å². The van der Waals surface area contributed by atoms with Gasteiger partial charge in [0, 0.05) is 18.7 Å². The minimum atomic E-state index is -0.436. The molecule has 0 bridgehead atoms. The largest absolute Gasteiger partial charge is 0.494 e. The summed E-state index contributed by atoms with van der Waals surface area (Å²) in [5, 5.41) is 11.0. The number of nitrogens with zero attached hydrogens (tertiary/aromatic N) is 3. The van der Waals surface area contributed by atoms with Crippen LogP contribution in [0.1, 0.15) is 19.3 Å². The molecule has 7 heteroatoms. The normalized spacial score (nSPS) is 17.7. The van der Waals surface area contributed by atoms with E-state index in [-0.39, 0.29) is 11.9 Å². The Bertz CT molecular complexity index is 662. The summed E-state index contributed by atoms with van der Waals surface area (Å²) in [6, 6.07) is 4.67. The monoisotopic (exact) mass is 318 g/mol. The van der Waals surface area contributed by atoms with Crippen molar-refractivity contribution < 1.29 is 13.9 Å². The molecular formula is C16H19FN4O2. The first-order valence-corrected chi connectivity index (χ1v) is 7.65. The zero-order valence-electron chi connectivity index (χ0n) is 13.0. The first-order valence-electron chi connectivity index (χ1n) is 7.65. The van der Waals surface area contributed by atoms with E-state index < -0.39 is 5.82 Å². The molecule has 1 aliphatic heterocycles. The lowest BCUT2D eigenvalue weighted by atomic mass is 10.1. The Morgan fingerprint density at radius 1 is 1.39 bits per heavy atom. The number of halogens is 1. The lowest BCUT2D eigenvalue weighted by Crippen LogP contribution is -2.27. The fourth-order valence-electron chi connectivity index (χ4n) is 2.52. The van der Waals surface area contributed by atoms with Gasteiger partial charge in [0.1, 0.15) is 0 Å². The Morgan fingerprint density at radius 2 is 2.30 bits per heavy atom. The smallest absolute Gasteiger partial charge is 0.243 e. The summed E-state index contributed by atoms with van der Waals surface area (Å²) in [6.45, 7) is 1.44. The molecule has 6 nitrogen and oxygen atoms in total. The molecule has 2 aromatic rings. The van der Waals surface area contributed by atoms with Crippen LogP contribution in [0.2, 0.25) is 0 Å². The van der Waals surface area contributed by atoms with Gasteiger partial charge in [-0.15, -0.1) is 5.10 Å². The Kier molecular flexibility index (Phi) is 4.97. The molecule has 0 saturated carbocycles. The Balaban J connectivity index is 1.70. The zero-order chi connectivity index (χ0) is 16.1. The number of rotatable bonds is 5. The Morgan fingerprint density at radius 3 is 3.04 bits per heavy atom. The van der Waals surface area contributed by atoms with Gasteiger partial charge in [0.2, 0.25) is 5.95 Å². The van der Waals surface area contributed by atoms with Gasteiger partial charge in [0.05, 0.1) is 25.1 Å². The molecule has 1 aromatic carbocycles. The molecule has 0 radical (unpaired) electrons. The summed E-state index contributed by atoms with van der Waals surface area (Å²) in [7, 11) is 1.43. The fraction of sp³-hybridized carbons (Fsp3) is 0.438. The van der Waals surface area contributed by atoms with Crippen LogP contribution in [0, 0.1) is 5.82 Å². The number of aromatic nitrogens is 3. The molecule has 3 rings (SSSR count). The van der Waals surface area contributed by atoms with Crippen molar-refractivity contribution >= 4 is 5.95 Å². The summed E-state index contributed by atoms with van der Waals surface area (Å²) < 4.78 is 24.4. The summed E-state index contributed by atoms with van der Waals surface area (Å²) in [4.78, 5) is 4.38. The van der Waals surface area contributed by atoms with Gasteiger partial charge < -0.3 is 14.8 Å². The molecule has 122 valence electrons. The van der Waals surface area contributed by atoms with Crippen molar-refractivity contribution in [1.82, 2.24) is 15.2 Å². The van der Waals surface area contributed by atoms with Crippen LogP contribution >= 0.6 is 0 Å². The van der Waals surface area contributed by atoms with Crippen LogP contribution in [0.3, 0.4) is 0 Å². The third-order valence-corrected chi connectivity index (χ3v) is 3.77. The van der Waals surface area contributed by atoms with Gasteiger partial charge in [0.25, 0.3) is 0 Å². The van der Waals surface area contributed by atoms with Crippen molar-refractivity contribution in [2.24, 2.45) is 0 Å². The number of nitrogens with one attached hydrogen (secondary N) is 1. The molecule has 0 amide bonds. The van der Waals surface area contributed by atoms with Crippen molar-refractivity contribution in [3.63, 3.8) is 0 Å². The predicted octanol–water partition coefficient (Wildman–Crippen LogP) is 2.67.